The molecule has 2 aliphatic heterocycles. The molecule has 3 N–H and O–H groups in total. The predicted molar refractivity (Wildman–Crippen MR) is 66.9 cm³/mol. The van der Waals surface area contributed by atoms with Gasteiger partial charge in [-0.25, -0.2) is 4.39 Å². The second kappa shape index (κ2) is 4.29. The summed E-state index contributed by atoms with van der Waals surface area (Å²) in [6.07, 6.45) is -6.86. The van der Waals surface area contributed by atoms with Crippen molar-refractivity contribution >= 4 is 23.4 Å². The molecule has 2 aliphatic rings. The molecule has 0 saturated carbocycles. The number of nitrogens with one attached hydrogen (secondary N) is 1. The highest BCUT2D eigenvalue weighted by atomic mass is 19.1. The molecular weight excluding hydrogens is 265 g/mol. The molecule has 20 heavy (non-hydrogen) atoms. The molecule has 1 aromatic rings. The number of piperidine rings is 1. The third-order valence-electron chi connectivity index (χ3n) is 2.86. The van der Waals surface area contributed by atoms with E-state index in [1.54, 1.807) is 0 Å². The molecule has 2 unspecified atom stereocenters. The molecule has 1 aromatic carbocycles. The quantitative estimate of drug-likeness (QED) is 0.567. The van der Waals surface area contributed by atoms with Crippen LogP contribution in [0.25, 0.3) is 0 Å². The number of imide groups is 1. The fourth-order valence-corrected chi connectivity index (χ4v) is 1.98. The van der Waals surface area contributed by atoms with Crippen LogP contribution in [0, 0.1) is 5.82 Å². The first-order valence-electron chi connectivity index (χ1n) is 8.57. The number of hydrogen-bond acceptors (Lipinski definition) is 4. The zero-order valence-corrected chi connectivity index (χ0v) is 9.86. The molecule has 3 amide bonds. The highest BCUT2D eigenvalue weighted by Crippen LogP contribution is 2.31. The van der Waals surface area contributed by atoms with Crippen LogP contribution in [0.4, 0.5) is 10.1 Å². The van der Waals surface area contributed by atoms with E-state index in [1.807, 2.05) is 0 Å². The maximum Gasteiger partial charge on any atom is 0.255 e. The summed E-state index contributed by atoms with van der Waals surface area (Å²) in [7, 11) is 0. The van der Waals surface area contributed by atoms with Gasteiger partial charge in [-0.05, 0) is 18.5 Å². The van der Waals surface area contributed by atoms with Gasteiger partial charge in [0.2, 0.25) is 11.8 Å². The molecule has 3 rings (SSSR count). The zero-order chi connectivity index (χ0) is 19.8. The van der Waals surface area contributed by atoms with E-state index in [9.17, 15) is 18.8 Å². The summed E-state index contributed by atoms with van der Waals surface area (Å²) < 4.78 is 61.2. The van der Waals surface area contributed by atoms with Crippen molar-refractivity contribution in [2.45, 2.75) is 25.3 Å². The van der Waals surface area contributed by atoms with Crippen LogP contribution < -0.4 is 11.1 Å². The van der Waals surface area contributed by atoms with Crippen LogP contribution in [0.15, 0.2) is 12.1 Å². The van der Waals surface area contributed by atoms with Gasteiger partial charge in [-0.1, -0.05) is 0 Å². The predicted octanol–water partition coefficient (Wildman–Crippen LogP) is 0.169. The third-order valence-corrected chi connectivity index (χ3v) is 2.86. The summed E-state index contributed by atoms with van der Waals surface area (Å²) in [5.41, 5.74) is 4.64. The van der Waals surface area contributed by atoms with E-state index in [0.29, 0.717) is 0 Å². The first-order chi connectivity index (χ1) is 11.8. The van der Waals surface area contributed by atoms with Gasteiger partial charge in [0.1, 0.15) is 11.8 Å². The molecule has 2 atom stereocenters. The summed E-state index contributed by atoms with van der Waals surface area (Å²) in [4.78, 5) is 36.8. The largest absolute Gasteiger partial charge is 0.398 e. The average molecular weight is 283 g/mol. The van der Waals surface area contributed by atoms with E-state index in [4.69, 9.17) is 14.0 Å². The summed E-state index contributed by atoms with van der Waals surface area (Å²) >= 11 is 0. The number of nitrogens with zero attached hydrogens (tertiary/aromatic N) is 1. The molecule has 0 spiro atoms. The lowest BCUT2D eigenvalue weighted by atomic mass is 10.0. The maximum atomic E-state index is 13.6. The van der Waals surface area contributed by atoms with Gasteiger partial charge in [0.05, 0.1) is 2.74 Å². The molecule has 7 heteroatoms. The fraction of sp³-hybridized carbons (Fsp3) is 0.308. The Morgan fingerprint density at radius 2 is 2.20 bits per heavy atom. The van der Waals surface area contributed by atoms with Crippen LogP contribution in [-0.4, -0.2) is 28.6 Å². The van der Waals surface area contributed by atoms with Gasteiger partial charge in [-0.2, -0.15) is 0 Å². The first kappa shape index (κ1) is 7.37. The smallest absolute Gasteiger partial charge is 0.255 e. The highest BCUT2D eigenvalue weighted by molar-refractivity contribution is 6.06. The SMILES string of the molecule is [2H]C1c2c(N)cc(F)cc2C(=O)N1C1([2H])C(=O)NC(=O)C([2H])([2H])C1([2H])[2H]. The number of rotatable bonds is 1. The first-order valence-corrected chi connectivity index (χ1v) is 5.49. The van der Waals surface area contributed by atoms with Gasteiger partial charge < -0.3 is 10.6 Å². The molecule has 2 heterocycles. The van der Waals surface area contributed by atoms with E-state index in [2.05, 4.69) is 0 Å². The lowest BCUT2D eigenvalue weighted by Crippen LogP contribution is -2.52. The monoisotopic (exact) mass is 283 g/mol. The Labute approximate surface area is 122 Å². The number of amides is 3. The Balaban J connectivity index is 2.23. The van der Waals surface area contributed by atoms with Crippen molar-refractivity contribution in [2.75, 3.05) is 5.73 Å². The van der Waals surface area contributed by atoms with Crippen LogP contribution in [0.2, 0.25) is 0 Å². The minimum atomic E-state index is -3.51. The van der Waals surface area contributed by atoms with Gasteiger partial charge in [0, 0.05) is 35.2 Å². The van der Waals surface area contributed by atoms with Gasteiger partial charge >= 0.3 is 0 Å². The van der Waals surface area contributed by atoms with Crippen molar-refractivity contribution < 1.29 is 27.0 Å². The topological polar surface area (TPSA) is 92.5 Å². The fourth-order valence-electron chi connectivity index (χ4n) is 1.98. The van der Waals surface area contributed by atoms with Crippen LogP contribution in [-0.2, 0) is 16.1 Å². The maximum absolute atomic E-state index is 13.6. The number of hydrogen-bond donors (Lipinski definition) is 2. The van der Waals surface area contributed by atoms with Gasteiger partial charge in [-0.15, -0.1) is 0 Å². The van der Waals surface area contributed by atoms with Crippen LogP contribution in [0.3, 0.4) is 0 Å². The second-order valence-electron chi connectivity index (χ2n) is 4.14. The third kappa shape index (κ3) is 1.82. The summed E-state index contributed by atoms with van der Waals surface area (Å²) in [5.74, 6) is -5.37. The van der Waals surface area contributed by atoms with Crippen LogP contribution in [0.5, 0.6) is 0 Å². The Hall–Kier alpha value is -2.44. The van der Waals surface area contributed by atoms with Crippen molar-refractivity contribution in [3.63, 3.8) is 0 Å². The molecule has 0 aliphatic carbocycles. The van der Waals surface area contributed by atoms with Gasteiger partial charge in [0.25, 0.3) is 5.91 Å². The van der Waals surface area contributed by atoms with Crippen molar-refractivity contribution in [1.29, 1.82) is 0 Å². The van der Waals surface area contributed by atoms with Crippen LogP contribution in [0.1, 0.15) is 36.9 Å². The van der Waals surface area contributed by atoms with Gasteiger partial charge in [-0.3, -0.25) is 19.7 Å². The van der Waals surface area contributed by atoms with Crippen molar-refractivity contribution in [1.82, 2.24) is 10.2 Å². The summed E-state index contributed by atoms with van der Waals surface area (Å²) in [6, 6.07) is -1.75. The number of fused-ring (bicyclic) bond motifs is 1. The van der Waals surface area contributed by atoms with E-state index in [1.165, 1.54) is 5.32 Å². The van der Waals surface area contributed by atoms with E-state index in [0.717, 1.165) is 12.1 Å². The standard InChI is InChI=1S/C13H12FN3O3/c14-6-3-7-8(9(15)4-6)5-17(13(7)20)10-1-2-11(18)16-12(10)19/h3-4,10H,1-2,5,15H2,(H,16,18,19)/i1D2,2D2,5D,10D. The average Bonchev–Trinajstić information content (AvgIpc) is 2.76. The number of carbonyl (C=O) groups excluding carboxylic acids is 3. The normalized spacial score (nSPS) is 38.8. The molecule has 1 fully saturated rings. The van der Waals surface area contributed by atoms with Crippen LogP contribution >= 0.6 is 0 Å². The second-order valence-corrected chi connectivity index (χ2v) is 4.14. The molecule has 0 bridgehead atoms. The molecule has 0 radical (unpaired) electrons. The number of benzene rings is 1. The Morgan fingerprint density at radius 1 is 1.45 bits per heavy atom. The summed E-state index contributed by atoms with van der Waals surface area (Å²) in [5, 5.41) is 1.52. The van der Waals surface area contributed by atoms with Crippen molar-refractivity contribution in [3.8, 4) is 0 Å². The molecule has 6 nitrogen and oxygen atoms in total. The number of anilines is 1. The minimum absolute atomic E-state index is 0.160. The molecule has 104 valence electrons. The number of nitrogens with two attached hydrogens (primary N) is 1. The van der Waals surface area contributed by atoms with E-state index in [-0.39, 0.29) is 16.2 Å². The van der Waals surface area contributed by atoms with Gasteiger partial charge in [0.15, 0.2) is 0 Å². The lowest BCUT2D eigenvalue weighted by molar-refractivity contribution is -0.136. The summed E-state index contributed by atoms with van der Waals surface area (Å²) in [6.45, 7) is -1.87. The molecular formula is C13H12FN3O3. The molecule has 0 aromatic heterocycles. The molecule has 1 saturated heterocycles. The number of carbonyl (C=O) groups is 3. The minimum Gasteiger partial charge on any atom is -0.398 e. The lowest BCUT2D eigenvalue weighted by Gasteiger charge is -2.29. The van der Waals surface area contributed by atoms with E-state index >= 15 is 0 Å². The number of nitrogen functional groups attached to an aromatic ring is 1. The highest BCUT2D eigenvalue weighted by Gasteiger charge is 2.39. The van der Waals surface area contributed by atoms with Crippen molar-refractivity contribution in [3.05, 3.63) is 29.1 Å². The number of halogens is 1. The Kier molecular flexibility index (Phi) is 1.58. The zero-order valence-electron chi connectivity index (χ0n) is 15.9. The Morgan fingerprint density at radius 3 is 2.95 bits per heavy atom. The van der Waals surface area contributed by atoms with Crippen molar-refractivity contribution in [2.24, 2.45) is 0 Å². The Bertz CT molecular complexity index is 879. The van der Waals surface area contributed by atoms with E-state index < -0.39 is 54.4 Å².